The van der Waals surface area contributed by atoms with Gasteiger partial charge >= 0.3 is 5.24 Å². The molecule has 2 rings (SSSR count). The standard InChI is InChI=1S/C15H13ClN2O2S/c1-18(11-7-3-2-4-8-11)21-15(20)17-14(19)12-9-5-6-10-13(12)16/h2-10H,1H3,(H,17,19,20). The van der Waals surface area contributed by atoms with Crippen LogP contribution in [-0.4, -0.2) is 18.2 Å². The molecule has 0 saturated carbocycles. The third-order valence-corrected chi connectivity index (χ3v) is 3.76. The average molecular weight is 321 g/mol. The molecule has 0 aliphatic rings. The van der Waals surface area contributed by atoms with Gasteiger partial charge in [-0.25, -0.2) is 0 Å². The number of halogens is 1. The molecule has 0 fully saturated rings. The number of carbonyl (C=O) groups is 2. The Morgan fingerprint density at radius 3 is 2.33 bits per heavy atom. The lowest BCUT2D eigenvalue weighted by Crippen LogP contribution is -2.29. The van der Waals surface area contributed by atoms with E-state index in [9.17, 15) is 9.59 Å². The number of nitrogens with one attached hydrogen (secondary N) is 1. The first-order chi connectivity index (χ1) is 10.1. The van der Waals surface area contributed by atoms with Crippen LogP contribution < -0.4 is 9.62 Å². The molecular formula is C15H13ClN2O2S. The Hall–Kier alpha value is -1.98. The molecule has 0 bridgehead atoms. The van der Waals surface area contributed by atoms with Gasteiger partial charge in [0.15, 0.2) is 0 Å². The van der Waals surface area contributed by atoms with Crippen LogP contribution in [0.4, 0.5) is 10.5 Å². The summed E-state index contributed by atoms with van der Waals surface area (Å²) in [6.45, 7) is 0. The molecule has 2 aromatic rings. The van der Waals surface area contributed by atoms with Gasteiger partial charge < -0.3 is 4.31 Å². The predicted molar refractivity (Wildman–Crippen MR) is 86.8 cm³/mol. The first kappa shape index (κ1) is 15.4. The molecule has 108 valence electrons. The summed E-state index contributed by atoms with van der Waals surface area (Å²) in [4.78, 5) is 23.8. The van der Waals surface area contributed by atoms with E-state index in [2.05, 4.69) is 5.32 Å². The molecule has 0 spiro atoms. The second-order valence-electron chi connectivity index (χ2n) is 4.15. The second-order valence-corrected chi connectivity index (χ2v) is 5.65. The number of carbonyl (C=O) groups excluding carboxylic acids is 2. The fourth-order valence-corrected chi connectivity index (χ4v) is 2.48. The number of anilines is 1. The quantitative estimate of drug-likeness (QED) is 0.869. The summed E-state index contributed by atoms with van der Waals surface area (Å²) < 4.78 is 1.68. The number of imide groups is 1. The monoisotopic (exact) mass is 320 g/mol. The van der Waals surface area contributed by atoms with Crippen LogP contribution in [0.2, 0.25) is 5.02 Å². The van der Waals surface area contributed by atoms with E-state index in [1.807, 2.05) is 30.3 Å². The van der Waals surface area contributed by atoms with Crippen molar-refractivity contribution in [3.05, 3.63) is 65.2 Å². The topological polar surface area (TPSA) is 49.4 Å². The van der Waals surface area contributed by atoms with Crippen LogP contribution in [0.15, 0.2) is 54.6 Å². The van der Waals surface area contributed by atoms with Crippen LogP contribution in [0.3, 0.4) is 0 Å². The fraction of sp³-hybridized carbons (Fsp3) is 0.0667. The summed E-state index contributed by atoms with van der Waals surface area (Å²) in [6, 6.07) is 16.0. The van der Waals surface area contributed by atoms with Crippen molar-refractivity contribution in [1.29, 1.82) is 0 Å². The fourth-order valence-electron chi connectivity index (χ4n) is 1.64. The smallest absolute Gasteiger partial charge is 0.306 e. The Bertz CT molecular complexity index is 649. The lowest BCUT2D eigenvalue weighted by atomic mass is 10.2. The molecule has 0 saturated heterocycles. The van der Waals surface area contributed by atoms with Gasteiger partial charge in [-0.3, -0.25) is 14.9 Å². The molecule has 0 unspecified atom stereocenters. The van der Waals surface area contributed by atoms with E-state index in [0.717, 1.165) is 17.6 Å². The number of hydrogen-bond acceptors (Lipinski definition) is 4. The van der Waals surface area contributed by atoms with Gasteiger partial charge in [-0.15, -0.1) is 0 Å². The van der Waals surface area contributed by atoms with Crippen LogP contribution in [0.25, 0.3) is 0 Å². The SMILES string of the molecule is CN(SC(=O)NC(=O)c1ccccc1Cl)c1ccccc1. The van der Waals surface area contributed by atoms with Crippen molar-refractivity contribution in [2.75, 3.05) is 11.4 Å². The molecule has 1 N–H and O–H groups in total. The first-order valence-electron chi connectivity index (χ1n) is 6.14. The van der Waals surface area contributed by atoms with E-state index < -0.39 is 11.1 Å². The maximum absolute atomic E-state index is 11.9. The number of amides is 2. The number of rotatable bonds is 3. The van der Waals surface area contributed by atoms with E-state index in [1.54, 1.807) is 35.6 Å². The predicted octanol–water partition coefficient (Wildman–Crippen LogP) is 3.97. The number of para-hydroxylation sites is 1. The maximum Gasteiger partial charge on any atom is 0.306 e. The lowest BCUT2D eigenvalue weighted by Gasteiger charge is -2.16. The van der Waals surface area contributed by atoms with Gasteiger partial charge in [0.05, 0.1) is 22.5 Å². The molecule has 21 heavy (non-hydrogen) atoms. The molecule has 0 radical (unpaired) electrons. The van der Waals surface area contributed by atoms with E-state index in [0.29, 0.717) is 5.02 Å². The van der Waals surface area contributed by atoms with Crippen molar-refractivity contribution in [3.63, 3.8) is 0 Å². The van der Waals surface area contributed by atoms with Crippen LogP contribution in [0.5, 0.6) is 0 Å². The normalized spacial score (nSPS) is 10.0. The van der Waals surface area contributed by atoms with E-state index in [1.165, 1.54) is 0 Å². The first-order valence-corrected chi connectivity index (χ1v) is 7.29. The van der Waals surface area contributed by atoms with Crippen molar-refractivity contribution in [3.8, 4) is 0 Å². The van der Waals surface area contributed by atoms with Gasteiger partial charge in [0.25, 0.3) is 5.91 Å². The molecule has 0 aromatic heterocycles. The second kappa shape index (κ2) is 7.15. The van der Waals surface area contributed by atoms with Gasteiger partial charge in [-0.1, -0.05) is 41.9 Å². The molecule has 0 atom stereocenters. The summed E-state index contributed by atoms with van der Waals surface area (Å²) >= 11 is 6.82. The molecule has 0 heterocycles. The van der Waals surface area contributed by atoms with Gasteiger partial charge in [0.2, 0.25) is 0 Å². The van der Waals surface area contributed by atoms with Gasteiger partial charge in [-0.2, -0.15) is 0 Å². The minimum Gasteiger partial charge on any atom is -0.311 e. The molecule has 2 amide bonds. The summed E-state index contributed by atoms with van der Waals surface area (Å²) in [5.74, 6) is -0.514. The summed E-state index contributed by atoms with van der Waals surface area (Å²) in [7, 11) is 1.75. The molecule has 6 heteroatoms. The number of hydrogen-bond donors (Lipinski definition) is 1. The minimum atomic E-state index is -0.514. The Kier molecular flexibility index (Phi) is 5.25. The molecule has 2 aromatic carbocycles. The molecule has 0 aliphatic carbocycles. The largest absolute Gasteiger partial charge is 0.311 e. The van der Waals surface area contributed by atoms with Gasteiger partial charge in [0, 0.05) is 12.7 Å². The zero-order chi connectivity index (χ0) is 15.2. The van der Waals surface area contributed by atoms with Crippen LogP contribution in [0.1, 0.15) is 10.4 Å². The van der Waals surface area contributed by atoms with Crippen molar-refractivity contribution in [1.82, 2.24) is 5.32 Å². The van der Waals surface area contributed by atoms with Crippen LogP contribution >= 0.6 is 23.5 Å². The van der Waals surface area contributed by atoms with Crippen molar-refractivity contribution in [2.45, 2.75) is 0 Å². The Morgan fingerprint density at radius 1 is 1.05 bits per heavy atom. The van der Waals surface area contributed by atoms with E-state index in [4.69, 9.17) is 11.6 Å². The van der Waals surface area contributed by atoms with Gasteiger partial charge in [-0.05, 0) is 24.3 Å². The van der Waals surface area contributed by atoms with E-state index >= 15 is 0 Å². The Labute approximate surface area is 132 Å². The summed E-state index contributed by atoms with van der Waals surface area (Å²) in [6.07, 6.45) is 0. The zero-order valence-electron chi connectivity index (χ0n) is 11.2. The summed E-state index contributed by atoms with van der Waals surface area (Å²) in [5, 5.41) is 2.14. The highest BCUT2D eigenvalue weighted by Gasteiger charge is 2.15. The van der Waals surface area contributed by atoms with Crippen LogP contribution in [-0.2, 0) is 0 Å². The highest BCUT2D eigenvalue weighted by molar-refractivity contribution is 8.14. The molecule has 4 nitrogen and oxygen atoms in total. The average Bonchev–Trinajstić information content (AvgIpc) is 2.48. The highest BCUT2D eigenvalue weighted by atomic mass is 35.5. The van der Waals surface area contributed by atoms with Crippen molar-refractivity contribution >= 4 is 40.4 Å². The summed E-state index contributed by atoms with van der Waals surface area (Å²) in [5.41, 5.74) is 1.14. The highest BCUT2D eigenvalue weighted by Crippen LogP contribution is 2.20. The minimum absolute atomic E-state index is 0.274. The molecular weight excluding hydrogens is 308 g/mol. The van der Waals surface area contributed by atoms with Crippen molar-refractivity contribution < 1.29 is 9.59 Å². The number of benzene rings is 2. The third-order valence-electron chi connectivity index (χ3n) is 2.67. The Morgan fingerprint density at radius 2 is 1.67 bits per heavy atom. The third kappa shape index (κ3) is 4.24. The molecule has 0 aliphatic heterocycles. The van der Waals surface area contributed by atoms with Gasteiger partial charge in [0.1, 0.15) is 0 Å². The number of nitrogens with zero attached hydrogens (tertiary/aromatic N) is 1. The lowest BCUT2D eigenvalue weighted by molar-refractivity contribution is 0.0969. The van der Waals surface area contributed by atoms with E-state index in [-0.39, 0.29) is 5.56 Å². The maximum atomic E-state index is 11.9. The Balaban J connectivity index is 1.96. The zero-order valence-corrected chi connectivity index (χ0v) is 12.8. The van der Waals surface area contributed by atoms with Crippen LogP contribution in [0, 0.1) is 0 Å². The van der Waals surface area contributed by atoms with Crippen molar-refractivity contribution in [2.24, 2.45) is 0 Å².